The third-order valence-electron chi connectivity index (χ3n) is 5.11. The molecule has 0 aliphatic carbocycles. The van der Waals surface area contributed by atoms with Gasteiger partial charge >= 0.3 is 0 Å². The molecule has 0 saturated carbocycles. The van der Waals surface area contributed by atoms with Gasteiger partial charge in [-0.25, -0.2) is 4.98 Å². The largest absolute Gasteiger partial charge is 0.483 e. The Morgan fingerprint density at radius 2 is 1.61 bits per heavy atom. The molecule has 6 nitrogen and oxygen atoms in total. The molecule has 1 aromatic heterocycles. The van der Waals surface area contributed by atoms with Gasteiger partial charge in [-0.3, -0.25) is 14.2 Å². The molecular weight excluding hydrogens is 390 g/mol. The van der Waals surface area contributed by atoms with Crippen molar-refractivity contribution in [3.63, 3.8) is 0 Å². The van der Waals surface area contributed by atoms with E-state index in [1.807, 2.05) is 50.2 Å². The highest BCUT2D eigenvalue weighted by molar-refractivity contribution is 5.92. The summed E-state index contributed by atoms with van der Waals surface area (Å²) in [7, 11) is 0. The molecule has 31 heavy (non-hydrogen) atoms. The van der Waals surface area contributed by atoms with Crippen LogP contribution in [0.25, 0.3) is 16.6 Å². The van der Waals surface area contributed by atoms with E-state index in [1.54, 1.807) is 41.8 Å². The average molecular weight is 413 g/mol. The van der Waals surface area contributed by atoms with Crippen LogP contribution in [-0.4, -0.2) is 22.1 Å². The molecule has 0 fully saturated rings. The second-order valence-electron chi connectivity index (χ2n) is 7.42. The van der Waals surface area contributed by atoms with E-state index in [4.69, 9.17) is 4.74 Å². The highest BCUT2D eigenvalue weighted by atomic mass is 16.5. The Morgan fingerprint density at radius 1 is 0.935 bits per heavy atom. The van der Waals surface area contributed by atoms with Crippen molar-refractivity contribution in [1.82, 2.24) is 9.55 Å². The third kappa shape index (κ3) is 4.19. The van der Waals surface area contributed by atoms with Gasteiger partial charge in [0.25, 0.3) is 11.5 Å². The monoisotopic (exact) mass is 413 g/mol. The summed E-state index contributed by atoms with van der Waals surface area (Å²) in [4.78, 5) is 29.8. The molecule has 1 amide bonds. The quantitative estimate of drug-likeness (QED) is 0.529. The van der Waals surface area contributed by atoms with Crippen LogP contribution in [0.1, 0.15) is 17.0 Å². The number of anilines is 1. The molecule has 0 aliphatic heterocycles. The van der Waals surface area contributed by atoms with E-state index >= 15 is 0 Å². The molecular formula is C25H23N3O3. The molecule has 3 aromatic carbocycles. The highest BCUT2D eigenvalue weighted by Gasteiger charge is 2.11. The number of benzene rings is 3. The Balaban J connectivity index is 1.49. The number of aromatic nitrogens is 2. The van der Waals surface area contributed by atoms with Crippen molar-refractivity contribution in [2.45, 2.75) is 20.8 Å². The summed E-state index contributed by atoms with van der Waals surface area (Å²) in [6.07, 6.45) is 0. The van der Waals surface area contributed by atoms with E-state index in [9.17, 15) is 9.59 Å². The van der Waals surface area contributed by atoms with Crippen LogP contribution in [-0.2, 0) is 4.79 Å². The molecule has 4 aromatic rings. The van der Waals surface area contributed by atoms with Gasteiger partial charge in [-0.1, -0.05) is 30.3 Å². The molecule has 0 radical (unpaired) electrons. The first-order valence-corrected chi connectivity index (χ1v) is 10.0. The fraction of sp³-hybridized carbons (Fsp3) is 0.160. The van der Waals surface area contributed by atoms with Crippen LogP contribution in [0.15, 0.2) is 71.5 Å². The van der Waals surface area contributed by atoms with E-state index < -0.39 is 0 Å². The number of nitrogens with zero attached hydrogens (tertiary/aromatic N) is 2. The van der Waals surface area contributed by atoms with E-state index in [1.165, 1.54) is 0 Å². The van der Waals surface area contributed by atoms with E-state index in [0.29, 0.717) is 28.1 Å². The lowest BCUT2D eigenvalue weighted by Crippen LogP contribution is -2.22. The van der Waals surface area contributed by atoms with Gasteiger partial charge in [0, 0.05) is 5.69 Å². The maximum atomic E-state index is 12.9. The van der Waals surface area contributed by atoms with Crippen molar-refractivity contribution >= 4 is 22.5 Å². The predicted octanol–water partition coefficient (Wildman–Crippen LogP) is 4.33. The maximum absolute atomic E-state index is 12.9. The van der Waals surface area contributed by atoms with E-state index in [2.05, 4.69) is 10.3 Å². The van der Waals surface area contributed by atoms with Crippen molar-refractivity contribution in [2.75, 3.05) is 11.9 Å². The number of hydrogen-bond donors (Lipinski definition) is 1. The van der Waals surface area contributed by atoms with Gasteiger partial charge in [-0.15, -0.1) is 0 Å². The topological polar surface area (TPSA) is 73.2 Å². The fourth-order valence-corrected chi connectivity index (χ4v) is 3.60. The first kappa shape index (κ1) is 20.3. The number of carbonyl (C=O) groups excluding carboxylic acids is 1. The Hall–Kier alpha value is -3.93. The van der Waals surface area contributed by atoms with Crippen LogP contribution >= 0.6 is 0 Å². The highest BCUT2D eigenvalue weighted by Crippen LogP contribution is 2.22. The zero-order valence-corrected chi connectivity index (χ0v) is 17.7. The molecule has 4 rings (SSSR count). The first-order chi connectivity index (χ1) is 14.9. The van der Waals surface area contributed by atoms with Crippen LogP contribution in [0.3, 0.4) is 0 Å². The Labute approximate surface area is 180 Å². The van der Waals surface area contributed by atoms with E-state index in [0.717, 1.165) is 16.9 Å². The second kappa shape index (κ2) is 8.44. The number of fused-ring (bicyclic) bond motifs is 1. The molecule has 0 atom stereocenters. The van der Waals surface area contributed by atoms with Gasteiger partial charge in [-0.05, 0) is 68.3 Å². The molecule has 0 aliphatic rings. The first-order valence-electron chi connectivity index (χ1n) is 10.0. The number of amides is 1. The molecule has 0 unspecified atom stereocenters. The van der Waals surface area contributed by atoms with Crippen LogP contribution in [0.5, 0.6) is 5.75 Å². The molecule has 156 valence electrons. The Kier molecular flexibility index (Phi) is 5.54. The van der Waals surface area contributed by atoms with Crippen molar-refractivity contribution in [3.8, 4) is 11.4 Å². The third-order valence-corrected chi connectivity index (χ3v) is 5.11. The predicted molar refractivity (Wildman–Crippen MR) is 122 cm³/mol. The Morgan fingerprint density at radius 3 is 2.32 bits per heavy atom. The summed E-state index contributed by atoms with van der Waals surface area (Å²) in [6.45, 7) is 5.62. The lowest BCUT2D eigenvalue weighted by atomic mass is 10.1. The lowest BCUT2D eigenvalue weighted by molar-refractivity contribution is -0.118. The molecule has 0 spiro atoms. The summed E-state index contributed by atoms with van der Waals surface area (Å²) in [6, 6.07) is 20.2. The number of nitrogens with one attached hydrogen (secondary N) is 1. The summed E-state index contributed by atoms with van der Waals surface area (Å²) >= 11 is 0. The summed E-state index contributed by atoms with van der Waals surface area (Å²) in [5, 5.41) is 3.39. The zero-order chi connectivity index (χ0) is 22.0. The SMILES string of the molecule is Cc1cccc(C)c1OCC(=O)Nc1ccc(-n2c(C)nc3ccccc3c2=O)cc1. The van der Waals surface area contributed by atoms with Crippen molar-refractivity contribution in [2.24, 2.45) is 0 Å². The van der Waals surface area contributed by atoms with Gasteiger partial charge in [0.2, 0.25) is 0 Å². The standard InChI is InChI=1S/C25H23N3O3/c1-16-7-6-8-17(2)24(16)31-15-23(29)27-19-11-13-20(14-12-19)28-18(3)26-22-10-5-4-9-21(22)25(28)30/h4-14H,15H2,1-3H3,(H,27,29). The van der Waals surface area contributed by atoms with Gasteiger partial charge in [-0.2, -0.15) is 0 Å². The van der Waals surface area contributed by atoms with Crippen molar-refractivity contribution < 1.29 is 9.53 Å². The van der Waals surface area contributed by atoms with Gasteiger partial charge in [0.05, 0.1) is 16.6 Å². The normalized spacial score (nSPS) is 10.8. The minimum Gasteiger partial charge on any atom is -0.483 e. The average Bonchev–Trinajstić information content (AvgIpc) is 2.74. The molecule has 1 N–H and O–H groups in total. The Bertz CT molecular complexity index is 1300. The molecule has 1 heterocycles. The van der Waals surface area contributed by atoms with Gasteiger partial charge in [0.1, 0.15) is 11.6 Å². The number of rotatable bonds is 5. The van der Waals surface area contributed by atoms with Gasteiger partial charge in [0.15, 0.2) is 6.61 Å². The minimum atomic E-state index is -0.254. The summed E-state index contributed by atoms with van der Waals surface area (Å²) < 4.78 is 7.27. The fourth-order valence-electron chi connectivity index (χ4n) is 3.60. The number of carbonyl (C=O) groups is 1. The van der Waals surface area contributed by atoms with Gasteiger partial charge < -0.3 is 10.1 Å². The van der Waals surface area contributed by atoms with Crippen LogP contribution in [0.2, 0.25) is 0 Å². The van der Waals surface area contributed by atoms with Crippen LogP contribution in [0, 0.1) is 20.8 Å². The van der Waals surface area contributed by atoms with Crippen molar-refractivity contribution in [1.29, 1.82) is 0 Å². The zero-order valence-electron chi connectivity index (χ0n) is 17.7. The molecule has 0 saturated heterocycles. The van der Waals surface area contributed by atoms with Crippen molar-refractivity contribution in [3.05, 3.63) is 94.0 Å². The number of para-hydroxylation sites is 2. The summed E-state index contributed by atoms with van der Waals surface area (Å²) in [5.74, 6) is 1.07. The second-order valence-corrected chi connectivity index (χ2v) is 7.42. The van der Waals surface area contributed by atoms with E-state index in [-0.39, 0.29) is 18.1 Å². The van der Waals surface area contributed by atoms with Crippen LogP contribution < -0.4 is 15.6 Å². The molecule has 0 bridgehead atoms. The summed E-state index contributed by atoms with van der Waals surface area (Å²) in [5.41, 5.74) is 3.84. The lowest BCUT2D eigenvalue weighted by Gasteiger charge is -2.13. The number of ether oxygens (including phenoxy) is 1. The molecule has 6 heteroatoms. The number of aryl methyl sites for hydroxylation is 3. The van der Waals surface area contributed by atoms with Crippen LogP contribution in [0.4, 0.5) is 5.69 Å². The maximum Gasteiger partial charge on any atom is 0.265 e. The smallest absolute Gasteiger partial charge is 0.265 e. The number of hydrogen-bond acceptors (Lipinski definition) is 4. The minimum absolute atomic E-state index is 0.0827.